The first-order chi connectivity index (χ1) is 9.09. The number of nitrogens with zero attached hydrogens (tertiary/aromatic N) is 1. The van der Waals surface area contributed by atoms with Gasteiger partial charge in [0.2, 0.25) is 0 Å². The van der Waals surface area contributed by atoms with Gasteiger partial charge in [-0.1, -0.05) is 41.5 Å². The second-order valence-electron chi connectivity index (χ2n) is 6.12. The van der Waals surface area contributed by atoms with Crippen molar-refractivity contribution >= 4 is 0 Å². The fraction of sp³-hybridized carbons (Fsp3) is 0.889. The van der Waals surface area contributed by atoms with E-state index >= 15 is 0 Å². The molecule has 1 heteroatoms. The summed E-state index contributed by atoms with van der Waals surface area (Å²) in [6, 6.07) is 0. The summed E-state index contributed by atoms with van der Waals surface area (Å²) < 4.78 is 0. The fourth-order valence-corrected chi connectivity index (χ4v) is 2.42. The molecule has 0 unspecified atom stereocenters. The molecule has 0 N–H and O–H groups in total. The highest BCUT2D eigenvalue weighted by Crippen LogP contribution is 2.24. The third-order valence-electron chi connectivity index (χ3n) is 3.76. The number of rotatable bonds is 4. The third-order valence-corrected chi connectivity index (χ3v) is 3.76. The predicted molar refractivity (Wildman–Crippen MR) is 87.2 cm³/mol. The average molecular weight is 265 g/mol. The summed E-state index contributed by atoms with van der Waals surface area (Å²) >= 11 is 0. The summed E-state index contributed by atoms with van der Waals surface area (Å²) in [5, 5.41) is 0. The Morgan fingerprint density at radius 2 is 1.58 bits per heavy atom. The molecule has 1 aliphatic rings. The molecule has 1 fully saturated rings. The van der Waals surface area contributed by atoms with Crippen molar-refractivity contribution in [2.24, 2.45) is 17.8 Å². The van der Waals surface area contributed by atoms with Crippen LogP contribution in [0.25, 0.3) is 0 Å². The van der Waals surface area contributed by atoms with Crippen LogP contribution in [-0.4, -0.2) is 24.5 Å². The van der Waals surface area contributed by atoms with E-state index < -0.39 is 0 Å². The monoisotopic (exact) mass is 265 g/mol. The molecule has 0 aromatic rings. The SMILES string of the molecule is CC.CC(C)CC#CCCN1CCC(C(C)C)CC1. The Labute approximate surface area is 122 Å². The zero-order valence-electron chi connectivity index (χ0n) is 14.1. The van der Waals surface area contributed by atoms with E-state index in [1.54, 1.807) is 0 Å². The number of hydrogen-bond donors (Lipinski definition) is 0. The van der Waals surface area contributed by atoms with Crippen LogP contribution in [0, 0.1) is 29.6 Å². The van der Waals surface area contributed by atoms with Crippen molar-refractivity contribution in [3.8, 4) is 11.8 Å². The molecule has 1 nitrogen and oxygen atoms in total. The van der Waals surface area contributed by atoms with Crippen LogP contribution in [0.5, 0.6) is 0 Å². The molecule has 19 heavy (non-hydrogen) atoms. The van der Waals surface area contributed by atoms with Crippen LogP contribution in [0.2, 0.25) is 0 Å². The first-order valence-electron chi connectivity index (χ1n) is 8.27. The van der Waals surface area contributed by atoms with Crippen LogP contribution < -0.4 is 0 Å². The molecule has 0 amide bonds. The van der Waals surface area contributed by atoms with Gasteiger partial charge in [0.15, 0.2) is 0 Å². The van der Waals surface area contributed by atoms with Crippen LogP contribution in [0.1, 0.15) is 67.2 Å². The summed E-state index contributed by atoms with van der Waals surface area (Å²) in [7, 11) is 0. The van der Waals surface area contributed by atoms with E-state index in [2.05, 4.69) is 44.4 Å². The van der Waals surface area contributed by atoms with E-state index in [4.69, 9.17) is 0 Å². The van der Waals surface area contributed by atoms with E-state index in [9.17, 15) is 0 Å². The van der Waals surface area contributed by atoms with Crippen molar-refractivity contribution in [1.82, 2.24) is 4.90 Å². The molecule has 0 aromatic carbocycles. The normalized spacial score (nSPS) is 16.8. The Kier molecular flexibility index (Phi) is 11.1. The highest BCUT2D eigenvalue weighted by molar-refractivity contribution is 4.99. The van der Waals surface area contributed by atoms with Gasteiger partial charge in [-0.05, 0) is 43.7 Å². The minimum absolute atomic E-state index is 0.712. The standard InChI is InChI=1S/C16H29N.C2H6/c1-14(2)8-6-5-7-11-17-12-9-16(10-13-17)15(3)4;1-2/h14-16H,7-13H2,1-4H3;1-2H3. The molecular formula is C18H35N. The highest BCUT2D eigenvalue weighted by atomic mass is 15.1. The number of likely N-dealkylation sites (tertiary alicyclic amines) is 1. The molecule has 0 bridgehead atoms. The van der Waals surface area contributed by atoms with E-state index in [1.807, 2.05) is 13.8 Å². The summed E-state index contributed by atoms with van der Waals surface area (Å²) in [4.78, 5) is 2.59. The lowest BCUT2D eigenvalue weighted by Crippen LogP contribution is -2.35. The van der Waals surface area contributed by atoms with Gasteiger partial charge in [-0.3, -0.25) is 0 Å². The third kappa shape index (κ3) is 9.11. The van der Waals surface area contributed by atoms with Crippen molar-refractivity contribution in [3.63, 3.8) is 0 Å². The maximum Gasteiger partial charge on any atom is 0.0217 e. The van der Waals surface area contributed by atoms with Crippen molar-refractivity contribution in [1.29, 1.82) is 0 Å². The second-order valence-corrected chi connectivity index (χ2v) is 6.12. The number of hydrogen-bond acceptors (Lipinski definition) is 1. The largest absolute Gasteiger partial charge is 0.302 e. The van der Waals surface area contributed by atoms with Crippen LogP contribution in [0.15, 0.2) is 0 Å². The highest BCUT2D eigenvalue weighted by Gasteiger charge is 2.20. The lowest BCUT2D eigenvalue weighted by molar-refractivity contribution is 0.161. The Balaban J connectivity index is 0.00000154. The summed E-state index contributed by atoms with van der Waals surface area (Å²) in [5.41, 5.74) is 0. The molecule has 0 aliphatic carbocycles. The average Bonchev–Trinajstić information content (AvgIpc) is 2.41. The predicted octanol–water partition coefficient (Wildman–Crippen LogP) is 4.82. The molecule has 1 aliphatic heterocycles. The van der Waals surface area contributed by atoms with Crippen molar-refractivity contribution in [2.75, 3.05) is 19.6 Å². The Hall–Kier alpha value is -0.480. The number of piperidine rings is 1. The Morgan fingerprint density at radius 3 is 2.05 bits per heavy atom. The van der Waals surface area contributed by atoms with Crippen molar-refractivity contribution < 1.29 is 0 Å². The molecule has 1 heterocycles. The minimum Gasteiger partial charge on any atom is -0.302 e. The van der Waals surface area contributed by atoms with Gasteiger partial charge >= 0.3 is 0 Å². The molecule has 112 valence electrons. The lowest BCUT2D eigenvalue weighted by Gasteiger charge is -2.33. The maximum atomic E-state index is 3.31. The van der Waals surface area contributed by atoms with Gasteiger partial charge in [0, 0.05) is 19.4 Å². The summed E-state index contributed by atoms with van der Waals surface area (Å²) in [6.45, 7) is 16.9. The van der Waals surface area contributed by atoms with Gasteiger partial charge in [0.1, 0.15) is 0 Å². The molecular weight excluding hydrogens is 230 g/mol. The first kappa shape index (κ1) is 18.5. The zero-order valence-corrected chi connectivity index (χ0v) is 14.1. The fourth-order valence-electron chi connectivity index (χ4n) is 2.42. The van der Waals surface area contributed by atoms with Gasteiger partial charge in [0.25, 0.3) is 0 Å². The molecule has 1 saturated heterocycles. The molecule has 0 saturated carbocycles. The summed E-state index contributed by atoms with van der Waals surface area (Å²) in [5.74, 6) is 9.11. The van der Waals surface area contributed by atoms with Gasteiger partial charge in [-0.2, -0.15) is 0 Å². The minimum atomic E-state index is 0.712. The van der Waals surface area contributed by atoms with Crippen LogP contribution in [0.4, 0.5) is 0 Å². The quantitative estimate of drug-likeness (QED) is 0.659. The molecule has 0 radical (unpaired) electrons. The first-order valence-corrected chi connectivity index (χ1v) is 8.27. The second kappa shape index (κ2) is 11.4. The summed E-state index contributed by atoms with van der Waals surface area (Å²) in [6.07, 6.45) is 4.88. The van der Waals surface area contributed by atoms with Crippen LogP contribution in [0.3, 0.4) is 0 Å². The van der Waals surface area contributed by atoms with Gasteiger partial charge < -0.3 is 4.90 Å². The lowest BCUT2D eigenvalue weighted by atomic mass is 9.87. The molecule has 0 atom stereocenters. The van der Waals surface area contributed by atoms with E-state index in [0.29, 0.717) is 5.92 Å². The Morgan fingerprint density at radius 1 is 1.00 bits per heavy atom. The van der Waals surface area contributed by atoms with Gasteiger partial charge in [-0.25, -0.2) is 0 Å². The van der Waals surface area contributed by atoms with E-state index in [-0.39, 0.29) is 0 Å². The van der Waals surface area contributed by atoms with Gasteiger partial charge in [0.05, 0.1) is 0 Å². The Bertz CT molecular complexity index is 249. The van der Waals surface area contributed by atoms with Crippen molar-refractivity contribution in [2.45, 2.75) is 67.2 Å². The van der Waals surface area contributed by atoms with Crippen LogP contribution >= 0.6 is 0 Å². The van der Waals surface area contributed by atoms with Crippen LogP contribution in [-0.2, 0) is 0 Å². The molecule has 0 spiro atoms. The smallest absolute Gasteiger partial charge is 0.0217 e. The van der Waals surface area contributed by atoms with Gasteiger partial charge in [-0.15, -0.1) is 11.8 Å². The maximum absolute atomic E-state index is 3.31. The van der Waals surface area contributed by atoms with Crippen molar-refractivity contribution in [3.05, 3.63) is 0 Å². The van der Waals surface area contributed by atoms with E-state index in [1.165, 1.54) is 32.5 Å². The zero-order chi connectivity index (χ0) is 14.7. The molecule has 0 aromatic heterocycles. The van der Waals surface area contributed by atoms with E-state index in [0.717, 1.165) is 24.7 Å². The topological polar surface area (TPSA) is 3.24 Å². The molecule has 1 rings (SSSR count).